The van der Waals surface area contributed by atoms with Crippen molar-refractivity contribution in [1.29, 1.82) is 0 Å². The van der Waals surface area contributed by atoms with Gasteiger partial charge in [-0.25, -0.2) is 4.79 Å². The Balaban J connectivity index is 1.79. The molecule has 0 amide bonds. The van der Waals surface area contributed by atoms with Gasteiger partial charge in [-0.15, -0.1) is 0 Å². The number of nitrogens with zero attached hydrogens (tertiary/aromatic N) is 2. The maximum absolute atomic E-state index is 12.9. The normalized spacial score (nSPS) is 15.7. The van der Waals surface area contributed by atoms with E-state index in [1.165, 1.54) is 13.1 Å². The lowest BCUT2D eigenvalue weighted by Crippen LogP contribution is -2.44. The molecule has 1 heterocycles. The van der Waals surface area contributed by atoms with Crippen molar-refractivity contribution in [2.75, 3.05) is 11.0 Å². The Morgan fingerprint density at radius 1 is 1.39 bits per heavy atom. The Hall–Kier alpha value is -2.05. The van der Waals surface area contributed by atoms with E-state index >= 15 is 0 Å². The Morgan fingerprint density at radius 2 is 2.14 bits per heavy atom. The molecular weight excluding hydrogens is 403 g/mol. The van der Waals surface area contributed by atoms with E-state index in [0.29, 0.717) is 22.6 Å². The van der Waals surface area contributed by atoms with E-state index in [1.807, 2.05) is 6.92 Å². The lowest BCUT2D eigenvalue weighted by molar-refractivity contribution is -0.146. The average Bonchev–Trinajstić information content (AvgIpc) is 3.43. The van der Waals surface area contributed by atoms with E-state index in [2.05, 4.69) is 5.16 Å². The molecule has 0 N–H and O–H groups in total. The molecule has 1 atom stereocenters. The number of esters is 1. The molecule has 3 rings (SSSR count). The van der Waals surface area contributed by atoms with Crippen molar-refractivity contribution in [2.45, 2.75) is 50.4 Å². The average molecular weight is 425 g/mol. The summed E-state index contributed by atoms with van der Waals surface area (Å²) >= 11 is 12.7. The highest BCUT2D eigenvalue weighted by molar-refractivity contribution is 6.42. The van der Waals surface area contributed by atoms with Crippen molar-refractivity contribution in [3.8, 4) is 0 Å². The van der Waals surface area contributed by atoms with Gasteiger partial charge < -0.3 is 9.26 Å². The first kappa shape index (κ1) is 20.7. The van der Waals surface area contributed by atoms with Gasteiger partial charge in [0.25, 0.3) is 0 Å². The van der Waals surface area contributed by atoms with Crippen molar-refractivity contribution in [3.63, 3.8) is 0 Å². The minimum atomic E-state index is -1.62. The van der Waals surface area contributed by atoms with Crippen molar-refractivity contribution < 1.29 is 18.8 Å². The molecule has 6 nitrogen and oxygen atoms in total. The number of hydrogen-bond donors (Lipinski definition) is 0. The van der Waals surface area contributed by atoms with Crippen LogP contribution in [-0.4, -0.2) is 28.5 Å². The van der Waals surface area contributed by atoms with E-state index in [9.17, 15) is 9.59 Å². The molecule has 1 unspecified atom stereocenters. The molecule has 0 saturated heterocycles. The molecule has 1 saturated carbocycles. The number of aromatic nitrogens is 1. The maximum atomic E-state index is 12.9. The highest BCUT2D eigenvalue weighted by atomic mass is 35.5. The number of anilines is 1. The van der Waals surface area contributed by atoms with E-state index in [-0.39, 0.29) is 18.3 Å². The Bertz CT molecular complexity index is 861. The quantitative estimate of drug-likeness (QED) is 0.140. The van der Waals surface area contributed by atoms with Crippen LogP contribution in [0, 0.1) is 0 Å². The fraction of sp³-hybridized carbons (Fsp3) is 0.450. The minimum absolute atomic E-state index is 0.211. The molecule has 1 aromatic carbocycles. The molecule has 150 valence electrons. The standard InChI is InChI=1S/C20H22Cl2N2O4/c1-3-4-10-27-19(26)20(2,21)24(22)15-7-5-6-14(11-15)17(25)16-12-23-28-18(16)13-8-9-13/h5-7,11-13H,3-4,8-10H2,1-2H3. The van der Waals surface area contributed by atoms with E-state index < -0.39 is 11.0 Å². The summed E-state index contributed by atoms with van der Waals surface area (Å²) in [5, 5.41) is 3.77. The van der Waals surface area contributed by atoms with Crippen LogP contribution in [0.25, 0.3) is 0 Å². The number of rotatable bonds is 9. The van der Waals surface area contributed by atoms with Gasteiger partial charge in [-0.2, -0.15) is 0 Å². The maximum Gasteiger partial charge on any atom is 0.348 e. The first-order chi connectivity index (χ1) is 13.4. The van der Waals surface area contributed by atoms with Crippen LogP contribution in [0.3, 0.4) is 0 Å². The highest BCUT2D eigenvalue weighted by Gasteiger charge is 2.39. The summed E-state index contributed by atoms with van der Waals surface area (Å²) < 4.78 is 11.5. The molecule has 1 aromatic heterocycles. The van der Waals surface area contributed by atoms with Gasteiger partial charge in [-0.05, 0) is 38.3 Å². The molecule has 0 bridgehead atoms. The minimum Gasteiger partial charge on any atom is -0.463 e. The van der Waals surface area contributed by atoms with Crippen LogP contribution >= 0.6 is 23.4 Å². The third-order valence-electron chi connectivity index (χ3n) is 4.60. The lowest BCUT2D eigenvalue weighted by atomic mass is 10.0. The molecule has 0 spiro atoms. The van der Waals surface area contributed by atoms with Gasteiger partial charge in [0, 0.05) is 23.3 Å². The van der Waals surface area contributed by atoms with Crippen molar-refractivity contribution in [2.24, 2.45) is 0 Å². The van der Waals surface area contributed by atoms with Crippen LogP contribution in [0.5, 0.6) is 0 Å². The number of alkyl halides is 1. The van der Waals surface area contributed by atoms with Gasteiger partial charge in [0.2, 0.25) is 5.00 Å². The summed E-state index contributed by atoms with van der Waals surface area (Å²) in [6.07, 6.45) is 5.07. The molecule has 1 aliphatic rings. The predicted molar refractivity (Wildman–Crippen MR) is 107 cm³/mol. The van der Waals surface area contributed by atoms with Crippen molar-refractivity contribution in [1.82, 2.24) is 5.16 Å². The van der Waals surface area contributed by atoms with Gasteiger partial charge in [-0.3, -0.25) is 9.21 Å². The van der Waals surface area contributed by atoms with Crippen molar-refractivity contribution in [3.05, 3.63) is 47.3 Å². The second-order valence-corrected chi connectivity index (χ2v) is 8.06. The van der Waals surface area contributed by atoms with Crippen LogP contribution in [-0.2, 0) is 9.53 Å². The second kappa shape index (κ2) is 8.53. The number of halogens is 2. The predicted octanol–water partition coefficient (Wildman–Crippen LogP) is 5.04. The van der Waals surface area contributed by atoms with Crippen LogP contribution in [0.4, 0.5) is 5.69 Å². The monoisotopic (exact) mass is 424 g/mol. The summed E-state index contributed by atoms with van der Waals surface area (Å²) in [7, 11) is 0. The number of ketones is 1. The number of unbranched alkanes of at least 4 members (excludes halogenated alkanes) is 1. The number of ether oxygens (including phenoxy) is 1. The summed E-state index contributed by atoms with van der Waals surface area (Å²) in [6.45, 7) is 3.72. The first-order valence-corrected chi connectivity index (χ1v) is 9.99. The smallest absolute Gasteiger partial charge is 0.348 e. The fourth-order valence-electron chi connectivity index (χ4n) is 2.75. The molecule has 1 fully saturated rings. The van der Waals surface area contributed by atoms with Gasteiger partial charge in [0.05, 0.1) is 24.1 Å². The number of hydrogen-bond acceptors (Lipinski definition) is 6. The summed E-state index contributed by atoms with van der Waals surface area (Å²) in [6, 6.07) is 6.60. The van der Waals surface area contributed by atoms with E-state index in [1.54, 1.807) is 24.3 Å². The van der Waals surface area contributed by atoms with E-state index in [4.69, 9.17) is 32.6 Å². The molecule has 28 heavy (non-hydrogen) atoms. The van der Waals surface area contributed by atoms with Crippen LogP contribution in [0.1, 0.15) is 67.1 Å². The number of carbonyl (C=O) groups is 2. The molecule has 2 aromatic rings. The first-order valence-electron chi connectivity index (χ1n) is 9.27. The van der Waals surface area contributed by atoms with Gasteiger partial charge in [-0.1, -0.05) is 42.2 Å². The molecule has 0 aliphatic heterocycles. The zero-order valence-electron chi connectivity index (χ0n) is 15.8. The van der Waals surface area contributed by atoms with Crippen LogP contribution in [0.2, 0.25) is 0 Å². The third-order valence-corrected chi connectivity index (χ3v) is 5.54. The zero-order valence-corrected chi connectivity index (χ0v) is 17.3. The molecule has 0 radical (unpaired) electrons. The summed E-state index contributed by atoms with van der Waals surface area (Å²) in [5.41, 5.74) is 1.26. The van der Waals surface area contributed by atoms with Gasteiger partial charge in [0.1, 0.15) is 0 Å². The highest BCUT2D eigenvalue weighted by Crippen LogP contribution is 2.42. The van der Waals surface area contributed by atoms with Crippen LogP contribution in [0.15, 0.2) is 35.0 Å². The van der Waals surface area contributed by atoms with E-state index in [0.717, 1.165) is 30.1 Å². The number of carbonyl (C=O) groups excluding carboxylic acids is 2. The fourth-order valence-corrected chi connectivity index (χ4v) is 3.07. The SMILES string of the molecule is CCCCOC(=O)C(C)(Cl)N(Cl)c1cccc(C(=O)c2cnoc2C2CC2)c1. The Labute approximate surface area is 173 Å². The Morgan fingerprint density at radius 3 is 2.82 bits per heavy atom. The van der Waals surface area contributed by atoms with Crippen molar-refractivity contribution >= 4 is 40.8 Å². The zero-order chi connectivity index (χ0) is 20.3. The molecule has 8 heteroatoms. The summed E-state index contributed by atoms with van der Waals surface area (Å²) in [5.74, 6) is 0.0271. The topological polar surface area (TPSA) is 72.6 Å². The summed E-state index contributed by atoms with van der Waals surface area (Å²) in [4.78, 5) is 23.6. The Kier molecular flexibility index (Phi) is 6.30. The lowest BCUT2D eigenvalue weighted by Gasteiger charge is -2.30. The third kappa shape index (κ3) is 4.33. The van der Waals surface area contributed by atoms with Gasteiger partial charge in [0.15, 0.2) is 11.5 Å². The molecule has 1 aliphatic carbocycles. The molecular formula is C20H22Cl2N2O4. The second-order valence-electron chi connectivity index (χ2n) is 6.98. The van der Waals surface area contributed by atoms with Crippen LogP contribution < -0.4 is 4.42 Å². The largest absolute Gasteiger partial charge is 0.463 e. The number of benzene rings is 1. The van der Waals surface area contributed by atoms with Gasteiger partial charge >= 0.3 is 5.97 Å².